The number of carbonyl (C=O) groups excluding carboxylic acids is 2. The number of piperidine rings is 1. The van der Waals surface area contributed by atoms with Crippen LogP contribution in [0.5, 0.6) is 0 Å². The fourth-order valence-corrected chi connectivity index (χ4v) is 1.87. The Bertz CT molecular complexity index is 270. The van der Waals surface area contributed by atoms with Crippen molar-refractivity contribution in [2.45, 2.75) is 26.2 Å². The summed E-state index contributed by atoms with van der Waals surface area (Å²) in [6, 6.07) is 0. The molecule has 2 amide bonds. The summed E-state index contributed by atoms with van der Waals surface area (Å²) in [5.41, 5.74) is 0. The zero-order valence-electron chi connectivity index (χ0n) is 9.95. The molecule has 16 heavy (non-hydrogen) atoms. The second-order valence-corrected chi connectivity index (χ2v) is 4.13. The van der Waals surface area contributed by atoms with E-state index < -0.39 is 0 Å². The van der Waals surface area contributed by atoms with Gasteiger partial charge in [0.25, 0.3) is 0 Å². The van der Waals surface area contributed by atoms with Gasteiger partial charge in [-0.15, -0.1) is 6.58 Å². The zero-order valence-corrected chi connectivity index (χ0v) is 9.95. The number of hydrogen-bond donors (Lipinski definition) is 0. The predicted molar refractivity (Wildman–Crippen MR) is 62.9 cm³/mol. The van der Waals surface area contributed by atoms with Crippen molar-refractivity contribution in [1.82, 2.24) is 9.80 Å². The Hall–Kier alpha value is -1.32. The molecule has 1 aliphatic heterocycles. The van der Waals surface area contributed by atoms with Gasteiger partial charge in [0.2, 0.25) is 11.8 Å². The van der Waals surface area contributed by atoms with E-state index in [0.717, 1.165) is 25.9 Å². The maximum atomic E-state index is 11.9. The molecule has 0 N–H and O–H groups in total. The lowest BCUT2D eigenvalue weighted by Gasteiger charge is -2.29. The first-order valence-corrected chi connectivity index (χ1v) is 5.79. The van der Waals surface area contributed by atoms with Crippen molar-refractivity contribution in [3.63, 3.8) is 0 Å². The Kier molecular flexibility index (Phi) is 5.02. The summed E-state index contributed by atoms with van der Waals surface area (Å²) < 4.78 is 0. The molecule has 0 aromatic carbocycles. The molecule has 0 unspecified atom stereocenters. The summed E-state index contributed by atoms with van der Waals surface area (Å²) in [7, 11) is 0. The van der Waals surface area contributed by atoms with Gasteiger partial charge in [0.1, 0.15) is 6.54 Å². The van der Waals surface area contributed by atoms with Crippen molar-refractivity contribution < 1.29 is 9.59 Å². The van der Waals surface area contributed by atoms with Gasteiger partial charge in [-0.3, -0.25) is 9.59 Å². The largest absolute Gasteiger partial charge is 0.341 e. The molecule has 0 bridgehead atoms. The van der Waals surface area contributed by atoms with Crippen molar-refractivity contribution >= 4 is 11.8 Å². The highest BCUT2D eigenvalue weighted by Crippen LogP contribution is 2.09. The van der Waals surface area contributed by atoms with E-state index in [9.17, 15) is 9.59 Å². The monoisotopic (exact) mass is 224 g/mol. The van der Waals surface area contributed by atoms with E-state index in [1.807, 2.05) is 4.90 Å². The van der Waals surface area contributed by atoms with Crippen LogP contribution in [0, 0.1) is 0 Å². The van der Waals surface area contributed by atoms with E-state index >= 15 is 0 Å². The standard InChI is InChI=1S/C12H20N2O2/c1-3-7-14(11(2)15)10-12(16)13-8-5-4-6-9-13/h3H,1,4-10H2,2H3. The van der Waals surface area contributed by atoms with E-state index in [1.165, 1.54) is 18.2 Å². The number of likely N-dealkylation sites (tertiary alicyclic amines) is 1. The number of hydrogen-bond acceptors (Lipinski definition) is 2. The van der Waals surface area contributed by atoms with E-state index in [2.05, 4.69) is 6.58 Å². The smallest absolute Gasteiger partial charge is 0.242 e. The third-order valence-electron chi connectivity index (χ3n) is 2.83. The van der Waals surface area contributed by atoms with Gasteiger partial charge in [-0.25, -0.2) is 0 Å². The summed E-state index contributed by atoms with van der Waals surface area (Å²) in [5.74, 6) is -0.0259. The first-order valence-electron chi connectivity index (χ1n) is 5.79. The first kappa shape index (κ1) is 12.7. The zero-order chi connectivity index (χ0) is 12.0. The highest BCUT2D eigenvalue weighted by molar-refractivity contribution is 5.84. The van der Waals surface area contributed by atoms with E-state index in [1.54, 1.807) is 6.08 Å². The molecule has 0 saturated carbocycles. The third kappa shape index (κ3) is 3.68. The van der Waals surface area contributed by atoms with Gasteiger partial charge in [-0.05, 0) is 19.3 Å². The Morgan fingerprint density at radius 3 is 2.44 bits per heavy atom. The van der Waals surface area contributed by atoms with Crippen molar-refractivity contribution in [3.8, 4) is 0 Å². The lowest BCUT2D eigenvalue weighted by molar-refractivity contribution is -0.139. The SMILES string of the molecule is C=CCN(CC(=O)N1CCCCC1)C(C)=O. The molecule has 4 heteroatoms. The number of amides is 2. The van der Waals surface area contributed by atoms with Gasteiger partial charge < -0.3 is 9.80 Å². The maximum Gasteiger partial charge on any atom is 0.242 e. The molecule has 1 saturated heterocycles. The van der Waals surface area contributed by atoms with E-state index in [-0.39, 0.29) is 18.4 Å². The summed E-state index contributed by atoms with van der Waals surface area (Å²) in [6.45, 7) is 7.35. The van der Waals surface area contributed by atoms with Crippen molar-refractivity contribution in [2.24, 2.45) is 0 Å². The van der Waals surface area contributed by atoms with Crippen LogP contribution in [0.4, 0.5) is 0 Å². The van der Waals surface area contributed by atoms with Crippen molar-refractivity contribution in [1.29, 1.82) is 0 Å². The van der Waals surface area contributed by atoms with E-state index in [0.29, 0.717) is 6.54 Å². The van der Waals surface area contributed by atoms with Crippen molar-refractivity contribution in [2.75, 3.05) is 26.2 Å². The molecule has 0 atom stereocenters. The van der Waals surface area contributed by atoms with Crippen molar-refractivity contribution in [3.05, 3.63) is 12.7 Å². The van der Waals surface area contributed by atoms with E-state index in [4.69, 9.17) is 0 Å². The van der Waals surface area contributed by atoms with Gasteiger partial charge in [0.15, 0.2) is 0 Å². The quantitative estimate of drug-likeness (QED) is 0.669. The van der Waals surface area contributed by atoms with Crippen LogP contribution in [0.15, 0.2) is 12.7 Å². The topological polar surface area (TPSA) is 40.6 Å². The molecule has 0 radical (unpaired) electrons. The Balaban J connectivity index is 2.46. The van der Waals surface area contributed by atoms with Crippen LogP contribution in [-0.2, 0) is 9.59 Å². The number of nitrogens with zero attached hydrogens (tertiary/aromatic N) is 2. The van der Waals surface area contributed by atoms with Gasteiger partial charge >= 0.3 is 0 Å². The molecular weight excluding hydrogens is 204 g/mol. The van der Waals surface area contributed by atoms with Crippen LogP contribution >= 0.6 is 0 Å². The van der Waals surface area contributed by atoms with Crippen LogP contribution < -0.4 is 0 Å². The minimum absolute atomic E-state index is 0.0525. The van der Waals surface area contributed by atoms with Gasteiger partial charge in [0, 0.05) is 26.6 Å². The Labute approximate surface area is 96.9 Å². The second kappa shape index (κ2) is 6.30. The fraction of sp³-hybridized carbons (Fsp3) is 0.667. The first-order chi connectivity index (χ1) is 7.65. The Morgan fingerprint density at radius 1 is 1.31 bits per heavy atom. The number of rotatable bonds is 4. The average Bonchev–Trinajstić information content (AvgIpc) is 2.29. The lowest BCUT2D eigenvalue weighted by Crippen LogP contribution is -2.44. The van der Waals surface area contributed by atoms with Crippen LogP contribution in [0.2, 0.25) is 0 Å². The molecule has 0 aromatic heterocycles. The van der Waals surface area contributed by atoms with Crippen LogP contribution in [0.1, 0.15) is 26.2 Å². The Morgan fingerprint density at radius 2 is 1.94 bits per heavy atom. The normalized spacial score (nSPS) is 15.7. The molecule has 0 aromatic rings. The molecule has 1 heterocycles. The predicted octanol–water partition coefficient (Wildman–Crippen LogP) is 1.03. The molecule has 1 rings (SSSR count). The van der Waals surface area contributed by atoms with Crippen LogP contribution in [-0.4, -0.2) is 47.8 Å². The summed E-state index contributed by atoms with van der Waals surface area (Å²) in [4.78, 5) is 26.5. The van der Waals surface area contributed by atoms with Gasteiger partial charge in [0.05, 0.1) is 0 Å². The number of carbonyl (C=O) groups is 2. The molecule has 90 valence electrons. The molecule has 1 aliphatic rings. The maximum absolute atomic E-state index is 11.9. The minimum Gasteiger partial charge on any atom is -0.341 e. The molecular formula is C12H20N2O2. The highest BCUT2D eigenvalue weighted by atomic mass is 16.2. The summed E-state index contributed by atoms with van der Waals surface area (Å²) >= 11 is 0. The lowest BCUT2D eigenvalue weighted by atomic mass is 10.1. The highest BCUT2D eigenvalue weighted by Gasteiger charge is 2.19. The van der Waals surface area contributed by atoms with Gasteiger partial charge in [-0.2, -0.15) is 0 Å². The summed E-state index contributed by atoms with van der Waals surface area (Å²) in [6.07, 6.45) is 5.00. The van der Waals surface area contributed by atoms with Crippen LogP contribution in [0.3, 0.4) is 0 Å². The van der Waals surface area contributed by atoms with Crippen LogP contribution in [0.25, 0.3) is 0 Å². The van der Waals surface area contributed by atoms with Gasteiger partial charge in [-0.1, -0.05) is 6.08 Å². The minimum atomic E-state index is -0.0785. The summed E-state index contributed by atoms with van der Waals surface area (Å²) in [5, 5.41) is 0. The molecule has 4 nitrogen and oxygen atoms in total. The average molecular weight is 224 g/mol. The second-order valence-electron chi connectivity index (χ2n) is 4.13. The fourth-order valence-electron chi connectivity index (χ4n) is 1.87. The molecule has 1 fully saturated rings. The third-order valence-corrected chi connectivity index (χ3v) is 2.83. The molecule has 0 spiro atoms. The molecule has 0 aliphatic carbocycles.